The van der Waals surface area contributed by atoms with Crippen LogP contribution in [0, 0.1) is 0 Å². The number of rotatable bonds is 4. The van der Waals surface area contributed by atoms with Crippen LogP contribution in [0.2, 0.25) is 5.02 Å². The minimum Gasteiger partial charge on any atom is -0.495 e. The third-order valence-electron chi connectivity index (χ3n) is 2.00. The number of amides is 3. The summed E-state index contributed by atoms with van der Waals surface area (Å²) < 4.78 is 9.64. The SMILES string of the molecule is COCC(=O)NNC(=O)Nc1cc(Cl)ccc1OC. The largest absolute Gasteiger partial charge is 0.495 e. The van der Waals surface area contributed by atoms with Crippen LogP contribution in [0.25, 0.3) is 0 Å². The van der Waals surface area contributed by atoms with Gasteiger partial charge in [-0.15, -0.1) is 0 Å². The molecule has 0 aliphatic carbocycles. The van der Waals surface area contributed by atoms with E-state index in [1.807, 2.05) is 0 Å². The summed E-state index contributed by atoms with van der Waals surface area (Å²) >= 11 is 5.81. The summed E-state index contributed by atoms with van der Waals surface area (Å²) in [6.07, 6.45) is 0. The number of methoxy groups -OCH3 is 2. The van der Waals surface area contributed by atoms with E-state index in [0.717, 1.165) is 0 Å². The minimum absolute atomic E-state index is 0.152. The molecule has 3 N–H and O–H groups in total. The van der Waals surface area contributed by atoms with Crippen molar-refractivity contribution in [1.82, 2.24) is 10.9 Å². The molecule has 1 aromatic rings. The first kappa shape index (κ1) is 15.1. The van der Waals surface area contributed by atoms with Crippen LogP contribution in [0.3, 0.4) is 0 Å². The Hall–Kier alpha value is -1.99. The van der Waals surface area contributed by atoms with E-state index < -0.39 is 11.9 Å². The van der Waals surface area contributed by atoms with E-state index in [-0.39, 0.29) is 6.61 Å². The number of hydrazine groups is 1. The minimum atomic E-state index is -0.634. The molecule has 0 heterocycles. The van der Waals surface area contributed by atoms with Gasteiger partial charge in [0, 0.05) is 12.1 Å². The molecule has 0 radical (unpaired) electrons. The first-order valence-electron chi connectivity index (χ1n) is 5.25. The molecule has 104 valence electrons. The van der Waals surface area contributed by atoms with Crippen molar-refractivity contribution < 1.29 is 19.1 Å². The number of hydrogen-bond acceptors (Lipinski definition) is 4. The second kappa shape index (κ2) is 7.45. The molecular formula is C11H14ClN3O4. The van der Waals surface area contributed by atoms with Crippen molar-refractivity contribution in [3.8, 4) is 5.75 Å². The van der Waals surface area contributed by atoms with Gasteiger partial charge in [0.15, 0.2) is 0 Å². The zero-order valence-corrected chi connectivity index (χ0v) is 11.2. The third kappa shape index (κ3) is 5.02. The van der Waals surface area contributed by atoms with Gasteiger partial charge in [-0.1, -0.05) is 11.6 Å². The summed E-state index contributed by atoms with van der Waals surface area (Å²) in [6.45, 7) is -0.152. The Kier molecular flexibility index (Phi) is 5.91. The lowest BCUT2D eigenvalue weighted by Gasteiger charge is -2.11. The zero-order chi connectivity index (χ0) is 14.3. The molecule has 0 unspecified atom stereocenters. The molecule has 1 rings (SSSR count). The molecule has 0 bridgehead atoms. The van der Waals surface area contributed by atoms with Gasteiger partial charge < -0.3 is 14.8 Å². The van der Waals surface area contributed by atoms with E-state index in [2.05, 4.69) is 20.9 Å². The average molecular weight is 288 g/mol. The molecule has 0 aliphatic heterocycles. The quantitative estimate of drug-likeness (QED) is 0.725. The summed E-state index contributed by atoms with van der Waals surface area (Å²) in [5, 5.41) is 2.93. The second-order valence-corrected chi connectivity index (χ2v) is 3.84. The molecule has 7 nitrogen and oxygen atoms in total. The lowest BCUT2D eigenvalue weighted by Crippen LogP contribution is -2.45. The van der Waals surface area contributed by atoms with Crippen molar-refractivity contribution >= 4 is 29.2 Å². The number of anilines is 1. The van der Waals surface area contributed by atoms with E-state index in [9.17, 15) is 9.59 Å². The number of nitrogens with one attached hydrogen (secondary N) is 3. The number of benzene rings is 1. The molecule has 8 heteroatoms. The van der Waals surface area contributed by atoms with E-state index in [1.165, 1.54) is 20.3 Å². The normalized spacial score (nSPS) is 9.63. The fraction of sp³-hybridized carbons (Fsp3) is 0.273. The van der Waals surface area contributed by atoms with Gasteiger partial charge >= 0.3 is 6.03 Å². The van der Waals surface area contributed by atoms with Crippen molar-refractivity contribution in [2.45, 2.75) is 0 Å². The maximum absolute atomic E-state index is 11.5. The molecule has 0 spiro atoms. The molecular weight excluding hydrogens is 274 g/mol. The molecule has 0 aliphatic rings. The molecule has 0 atom stereocenters. The van der Waals surface area contributed by atoms with Gasteiger partial charge in [-0.25, -0.2) is 10.2 Å². The van der Waals surface area contributed by atoms with Gasteiger partial charge in [0.2, 0.25) is 0 Å². The first-order valence-corrected chi connectivity index (χ1v) is 5.63. The van der Waals surface area contributed by atoms with Crippen LogP contribution < -0.4 is 20.9 Å². The predicted molar refractivity (Wildman–Crippen MR) is 70.2 cm³/mol. The Balaban J connectivity index is 2.57. The second-order valence-electron chi connectivity index (χ2n) is 3.40. The van der Waals surface area contributed by atoms with Crippen molar-refractivity contribution in [1.29, 1.82) is 0 Å². The topological polar surface area (TPSA) is 88.7 Å². The fourth-order valence-electron chi connectivity index (χ4n) is 1.23. The predicted octanol–water partition coefficient (Wildman–Crippen LogP) is 1.15. The number of carbonyl (C=O) groups is 2. The van der Waals surface area contributed by atoms with Crippen LogP contribution in [0.15, 0.2) is 18.2 Å². The highest BCUT2D eigenvalue weighted by Crippen LogP contribution is 2.27. The van der Waals surface area contributed by atoms with Crippen molar-refractivity contribution in [2.75, 3.05) is 26.1 Å². The summed E-state index contributed by atoms with van der Waals surface area (Å²) in [6, 6.07) is 4.13. The summed E-state index contributed by atoms with van der Waals surface area (Å²) in [5.41, 5.74) is 4.70. The van der Waals surface area contributed by atoms with Gasteiger partial charge in [-0.3, -0.25) is 10.2 Å². The average Bonchev–Trinajstić information content (AvgIpc) is 2.37. The Morgan fingerprint density at radius 1 is 1.26 bits per heavy atom. The van der Waals surface area contributed by atoms with Crippen molar-refractivity contribution in [3.63, 3.8) is 0 Å². The first-order chi connectivity index (χ1) is 9.06. The number of carbonyl (C=O) groups excluding carboxylic acids is 2. The van der Waals surface area contributed by atoms with Crippen LogP contribution in [0.4, 0.5) is 10.5 Å². The highest BCUT2D eigenvalue weighted by Gasteiger charge is 2.08. The fourth-order valence-corrected chi connectivity index (χ4v) is 1.40. The van der Waals surface area contributed by atoms with Crippen molar-refractivity contribution in [2.24, 2.45) is 0 Å². The molecule has 1 aromatic carbocycles. The smallest absolute Gasteiger partial charge is 0.338 e. The van der Waals surface area contributed by atoms with Crippen molar-refractivity contribution in [3.05, 3.63) is 23.2 Å². The van der Waals surface area contributed by atoms with E-state index in [4.69, 9.17) is 16.3 Å². The standard InChI is InChI=1S/C11H14ClN3O4/c1-18-6-10(16)14-15-11(17)13-8-5-7(12)3-4-9(8)19-2/h3-5H,6H2,1-2H3,(H,14,16)(H2,13,15,17). The molecule has 0 fully saturated rings. The van der Waals surface area contributed by atoms with Crippen LogP contribution >= 0.6 is 11.6 Å². The highest BCUT2D eigenvalue weighted by molar-refractivity contribution is 6.31. The molecule has 0 aromatic heterocycles. The lowest BCUT2D eigenvalue weighted by molar-refractivity contribution is -0.125. The Morgan fingerprint density at radius 2 is 2.00 bits per heavy atom. The Morgan fingerprint density at radius 3 is 2.63 bits per heavy atom. The van der Waals surface area contributed by atoms with Gasteiger partial charge in [-0.05, 0) is 18.2 Å². The van der Waals surface area contributed by atoms with Crippen LogP contribution in [0.5, 0.6) is 5.75 Å². The lowest BCUT2D eigenvalue weighted by atomic mass is 10.3. The van der Waals surface area contributed by atoms with E-state index in [0.29, 0.717) is 16.5 Å². The summed E-state index contributed by atoms with van der Waals surface area (Å²) in [5.74, 6) is -0.0292. The summed E-state index contributed by atoms with van der Waals surface area (Å²) in [7, 11) is 2.84. The van der Waals surface area contributed by atoms with Crippen LogP contribution in [-0.2, 0) is 9.53 Å². The van der Waals surface area contributed by atoms with Crippen LogP contribution in [-0.4, -0.2) is 32.8 Å². The van der Waals surface area contributed by atoms with E-state index >= 15 is 0 Å². The summed E-state index contributed by atoms with van der Waals surface area (Å²) in [4.78, 5) is 22.6. The zero-order valence-electron chi connectivity index (χ0n) is 10.5. The number of hydrogen-bond donors (Lipinski definition) is 3. The molecule has 19 heavy (non-hydrogen) atoms. The molecule has 0 saturated heterocycles. The third-order valence-corrected chi connectivity index (χ3v) is 2.24. The Bertz CT molecular complexity index is 467. The maximum atomic E-state index is 11.5. The number of halogens is 1. The van der Waals surface area contributed by atoms with Gasteiger partial charge in [-0.2, -0.15) is 0 Å². The number of urea groups is 1. The molecule has 3 amide bonds. The monoisotopic (exact) mass is 287 g/mol. The highest BCUT2D eigenvalue weighted by atomic mass is 35.5. The van der Waals surface area contributed by atoms with Gasteiger partial charge in [0.25, 0.3) is 5.91 Å². The van der Waals surface area contributed by atoms with E-state index in [1.54, 1.807) is 12.1 Å². The van der Waals surface area contributed by atoms with Crippen LogP contribution in [0.1, 0.15) is 0 Å². The Labute approximate surface area is 115 Å². The maximum Gasteiger partial charge on any atom is 0.338 e. The number of ether oxygens (including phenoxy) is 2. The van der Waals surface area contributed by atoms with Gasteiger partial charge in [0.05, 0.1) is 12.8 Å². The molecule has 0 saturated carbocycles. The van der Waals surface area contributed by atoms with Gasteiger partial charge in [0.1, 0.15) is 12.4 Å².